The molecule has 0 aliphatic carbocycles. The highest BCUT2D eigenvalue weighted by molar-refractivity contribution is 9.09. The first-order valence-electron chi connectivity index (χ1n) is 20.9. The number of nitrogen functional groups attached to an aromatic ring is 1. The predicted octanol–water partition coefficient (Wildman–Crippen LogP) is 8.27. The Morgan fingerprint density at radius 3 is 1.84 bits per heavy atom. The van der Waals surface area contributed by atoms with Crippen molar-refractivity contribution in [2.75, 3.05) is 118 Å². The van der Waals surface area contributed by atoms with Gasteiger partial charge in [0.1, 0.15) is 33.8 Å². The number of nitrogens with two attached hydrogens (primary N) is 2. The third-order valence-electron chi connectivity index (χ3n) is 10.3. The predicted molar refractivity (Wildman–Crippen MR) is 287 cm³/mol. The number of carbonyl (C=O) groups is 2. The molecule has 3 heterocycles. The van der Waals surface area contributed by atoms with E-state index in [-0.39, 0.29) is 44.0 Å². The highest BCUT2D eigenvalue weighted by Gasteiger charge is 2.21. The van der Waals surface area contributed by atoms with Gasteiger partial charge in [-0.2, -0.15) is 14.9 Å². The Bertz CT molecular complexity index is 2470. The minimum atomic E-state index is -0.299. The average molecular weight is 1060 g/mol. The second-order valence-corrected chi connectivity index (χ2v) is 18.2. The molecule has 2 fully saturated rings. The monoisotopic (exact) mass is 1060 g/mol. The van der Waals surface area contributed by atoms with Gasteiger partial charge in [-0.05, 0) is 92.7 Å². The Labute approximate surface area is 416 Å². The lowest BCUT2D eigenvalue weighted by Crippen LogP contribution is -2.44. The van der Waals surface area contributed by atoms with Crippen molar-refractivity contribution in [3.05, 3.63) is 113 Å². The number of hydrogen-bond donors (Lipinski definition) is 4. The van der Waals surface area contributed by atoms with E-state index >= 15 is 0 Å². The molecule has 2 aliphatic heterocycles. The molecule has 0 bridgehead atoms. The quantitative estimate of drug-likeness (QED) is 0.0235. The second kappa shape index (κ2) is 27.1. The van der Waals surface area contributed by atoms with E-state index in [2.05, 4.69) is 65.3 Å². The fourth-order valence-corrected chi connectivity index (χ4v) is 8.57. The Hall–Kier alpha value is -4.95. The second-order valence-electron chi connectivity index (χ2n) is 14.9. The molecule has 0 amide bonds. The Morgan fingerprint density at radius 2 is 1.33 bits per heavy atom. The SMILES string of the molecule is CCSC(N)=NC(=S)Nc1ccc(N2CCN(C)CC2)c(F)c1.COc1cccc(C(=O)CBr)c1.COc1cccc(C(=O)c2sc(Nc3ccc(N4CCN(C)CC4)c(F)c3)nc2N)c1.P. The molecule has 360 valence electrons. The van der Waals surface area contributed by atoms with Crippen molar-refractivity contribution >= 4 is 117 Å². The summed E-state index contributed by atoms with van der Waals surface area (Å²) >= 11 is 10.8. The van der Waals surface area contributed by atoms with Crippen LogP contribution in [0.4, 0.5) is 42.5 Å². The van der Waals surface area contributed by atoms with Gasteiger partial charge in [0.15, 0.2) is 21.2 Å². The van der Waals surface area contributed by atoms with Crippen molar-refractivity contribution in [1.29, 1.82) is 0 Å². The average Bonchev–Trinajstić information content (AvgIpc) is 3.68. The highest BCUT2D eigenvalue weighted by Crippen LogP contribution is 2.32. The van der Waals surface area contributed by atoms with Gasteiger partial charge < -0.3 is 51.2 Å². The summed E-state index contributed by atoms with van der Waals surface area (Å²) in [6, 6.07) is 24.0. The topological polar surface area (TPSA) is 167 Å². The molecule has 0 saturated carbocycles. The summed E-state index contributed by atoms with van der Waals surface area (Å²) in [5.41, 5.74) is 15.2. The van der Waals surface area contributed by atoms with Crippen LogP contribution in [0, 0.1) is 11.6 Å². The van der Waals surface area contributed by atoms with Crippen LogP contribution in [-0.2, 0) is 0 Å². The molecular weight excluding hydrogens is 1000 g/mol. The Kier molecular flexibility index (Phi) is 22.1. The maximum absolute atomic E-state index is 14.7. The van der Waals surface area contributed by atoms with Gasteiger partial charge in [0, 0.05) is 74.9 Å². The van der Waals surface area contributed by atoms with E-state index in [4.69, 9.17) is 33.2 Å². The number of alkyl halides is 1. The third-order valence-corrected chi connectivity index (χ3v) is 12.7. The van der Waals surface area contributed by atoms with Crippen LogP contribution in [0.5, 0.6) is 11.5 Å². The molecule has 14 nitrogen and oxygen atoms in total. The first kappa shape index (κ1) is 54.7. The van der Waals surface area contributed by atoms with Crippen LogP contribution in [0.2, 0.25) is 0 Å². The number of thiocarbonyl (C=S) groups is 1. The minimum Gasteiger partial charge on any atom is -0.497 e. The summed E-state index contributed by atoms with van der Waals surface area (Å²) in [5, 5.41) is 7.36. The lowest BCUT2D eigenvalue weighted by Gasteiger charge is -2.34. The molecular formula is C46H58BrF2N10O4PS3. The molecule has 6 N–H and O–H groups in total. The van der Waals surface area contributed by atoms with E-state index < -0.39 is 0 Å². The number of hydrogen-bond acceptors (Lipinski definition) is 14. The zero-order valence-corrected chi connectivity index (χ0v) is 43.6. The van der Waals surface area contributed by atoms with Crippen LogP contribution in [0.3, 0.4) is 0 Å². The van der Waals surface area contributed by atoms with Gasteiger partial charge in [-0.15, -0.1) is 0 Å². The summed E-state index contributed by atoms with van der Waals surface area (Å²) in [6.07, 6.45) is 0. The fourth-order valence-electron chi connectivity index (χ4n) is 6.65. The van der Waals surface area contributed by atoms with E-state index in [0.29, 0.717) is 65.9 Å². The van der Waals surface area contributed by atoms with Gasteiger partial charge in [0.2, 0.25) is 5.78 Å². The van der Waals surface area contributed by atoms with Crippen LogP contribution in [0.15, 0.2) is 89.9 Å². The molecule has 4 aromatic carbocycles. The van der Waals surface area contributed by atoms with Crippen LogP contribution in [0.25, 0.3) is 0 Å². The van der Waals surface area contributed by atoms with Gasteiger partial charge in [-0.25, -0.2) is 13.8 Å². The molecule has 21 heteroatoms. The molecule has 1 unspecified atom stereocenters. The number of aliphatic imine (C=N–C) groups is 1. The summed E-state index contributed by atoms with van der Waals surface area (Å²) in [6.45, 7) is 8.90. The number of amidine groups is 1. The van der Waals surface area contributed by atoms with E-state index in [0.717, 1.165) is 69.4 Å². The van der Waals surface area contributed by atoms with Crippen molar-refractivity contribution in [2.45, 2.75) is 6.92 Å². The van der Waals surface area contributed by atoms with E-state index in [9.17, 15) is 18.4 Å². The molecule has 2 saturated heterocycles. The number of rotatable bonds is 12. The molecule has 7 rings (SSSR count). The Balaban J connectivity index is 0.000000239. The number of likely N-dealkylation sites (N-methyl/N-ethyl adjacent to an activating group) is 2. The van der Waals surface area contributed by atoms with Gasteiger partial charge in [-0.1, -0.05) is 70.2 Å². The first-order chi connectivity index (χ1) is 31.7. The van der Waals surface area contributed by atoms with Crippen molar-refractivity contribution in [2.24, 2.45) is 10.7 Å². The van der Waals surface area contributed by atoms with Crippen LogP contribution in [0.1, 0.15) is 32.5 Å². The number of Topliss-reactive ketones (excluding diaryl/α,β-unsaturated/α-hetero) is 1. The number of nitrogens with one attached hydrogen (secondary N) is 2. The number of thioether (sulfide) groups is 1. The molecule has 5 aromatic rings. The number of methoxy groups -OCH3 is 2. The van der Waals surface area contributed by atoms with Crippen molar-refractivity contribution in [1.82, 2.24) is 14.8 Å². The molecule has 2 aliphatic rings. The van der Waals surface area contributed by atoms with Crippen molar-refractivity contribution < 1.29 is 27.8 Å². The van der Waals surface area contributed by atoms with Crippen LogP contribution < -0.4 is 41.4 Å². The number of ether oxygens (including phenoxy) is 2. The molecule has 1 atom stereocenters. The minimum absolute atomic E-state index is 0. The van der Waals surface area contributed by atoms with Gasteiger partial charge in [0.05, 0.1) is 30.9 Å². The van der Waals surface area contributed by atoms with Gasteiger partial charge in [-0.3, -0.25) is 9.59 Å². The number of halogens is 3. The smallest absolute Gasteiger partial charge is 0.206 e. The summed E-state index contributed by atoms with van der Waals surface area (Å²) in [4.78, 5) is 41.2. The number of thiazole rings is 1. The normalized spacial score (nSPS) is 14.1. The number of ketones is 2. The van der Waals surface area contributed by atoms with Gasteiger partial charge >= 0.3 is 0 Å². The number of nitrogens with zero attached hydrogens (tertiary/aromatic N) is 6. The molecule has 1 aromatic heterocycles. The van der Waals surface area contributed by atoms with E-state index in [1.165, 1.54) is 23.9 Å². The largest absolute Gasteiger partial charge is 0.497 e. The van der Waals surface area contributed by atoms with Crippen molar-refractivity contribution in [3.63, 3.8) is 0 Å². The number of benzene rings is 4. The Morgan fingerprint density at radius 1 is 0.821 bits per heavy atom. The lowest BCUT2D eigenvalue weighted by atomic mass is 10.1. The van der Waals surface area contributed by atoms with Crippen LogP contribution >= 0.6 is 61.1 Å². The highest BCUT2D eigenvalue weighted by atomic mass is 79.9. The summed E-state index contributed by atoms with van der Waals surface area (Å²) in [7, 11) is 7.26. The number of aromatic nitrogens is 1. The molecule has 0 radical (unpaired) electrons. The number of piperazine rings is 2. The third kappa shape index (κ3) is 16.4. The van der Waals surface area contributed by atoms with Crippen molar-refractivity contribution in [3.8, 4) is 11.5 Å². The molecule has 0 spiro atoms. The van der Waals surface area contributed by atoms with E-state index in [1.54, 1.807) is 74.9 Å². The van der Waals surface area contributed by atoms with Gasteiger partial charge in [0.25, 0.3) is 0 Å². The standard InChI is InChI=1S/C22H24FN5O2S.C15H22FN5S2.C9H9BrO2.H3P/c1-27-8-10-28(11-9-27)18-7-6-15(13-17(18)23)25-22-26-21(24)20(31-22)19(29)14-4-3-5-16(12-14)30-2;1-3-23-14(17)19-15(22)18-11-4-5-13(12(16)10-11)21-8-6-20(2)7-9-21;1-12-8-4-2-3-7(5-8)9(11)6-10;/h3-7,12-13H,8-11,24H2,1-2H3,(H,25,26);4-5,10H,3,6-9H2,1-2H3,(H3,17,18,19,22);2-5H,6H2,1H3;1H3. The molecule has 67 heavy (non-hydrogen) atoms. The van der Waals surface area contributed by atoms with Crippen LogP contribution in [-0.4, -0.2) is 128 Å². The number of carbonyl (C=O) groups excluding carboxylic acids is 2. The summed E-state index contributed by atoms with van der Waals surface area (Å²) < 4.78 is 39.3. The lowest BCUT2D eigenvalue weighted by molar-refractivity contribution is 0.102. The zero-order valence-electron chi connectivity index (χ0n) is 38.2. The maximum Gasteiger partial charge on any atom is 0.206 e. The van der Waals surface area contributed by atoms with E-state index in [1.807, 2.05) is 24.0 Å². The first-order valence-corrected chi connectivity index (χ1v) is 24.2. The zero-order chi connectivity index (χ0) is 47.8. The number of anilines is 6. The maximum atomic E-state index is 14.7. The summed E-state index contributed by atoms with van der Waals surface area (Å²) in [5.74, 6) is 1.52. The fraction of sp³-hybridized carbons (Fsp3) is 0.326.